The number of rotatable bonds is 10. The lowest BCUT2D eigenvalue weighted by molar-refractivity contribution is 0.0658. The van der Waals surface area contributed by atoms with Crippen molar-refractivity contribution in [1.82, 2.24) is 14.2 Å². The predicted octanol–water partition coefficient (Wildman–Crippen LogP) is 6.37. The molecular weight excluding hydrogens is 668 g/mol. The first kappa shape index (κ1) is 35.6. The fourth-order valence-electron chi connectivity index (χ4n) is 6.52. The van der Waals surface area contributed by atoms with Gasteiger partial charge in [-0.25, -0.2) is 17.5 Å². The van der Waals surface area contributed by atoms with Gasteiger partial charge in [-0.3, -0.25) is 9.59 Å². The fourth-order valence-corrected chi connectivity index (χ4v) is 7.56. The van der Waals surface area contributed by atoms with Crippen molar-refractivity contribution in [2.75, 3.05) is 17.7 Å². The first-order valence-corrected chi connectivity index (χ1v) is 18.4. The molecule has 5 aromatic rings. The van der Waals surface area contributed by atoms with Gasteiger partial charge in [0.15, 0.2) is 0 Å². The molecule has 2 heterocycles. The SMILES string of the molecule is Cc1c(C(=O)N(C)c2ccc(O)cc2)cc(-c2ccc(CNS(=O)(=O)CCc3ccc(F)cc3)cc2C(=O)N2Cc3ccccc3C[C@H]2C)n1C. The van der Waals surface area contributed by atoms with Crippen molar-refractivity contribution < 1.29 is 27.5 Å². The molecule has 0 saturated heterocycles. The minimum Gasteiger partial charge on any atom is -0.508 e. The maximum absolute atomic E-state index is 14.6. The Morgan fingerprint density at radius 1 is 0.922 bits per heavy atom. The molecule has 4 aromatic carbocycles. The lowest BCUT2D eigenvalue weighted by Crippen LogP contribution is -2.42. The number of nitrogens with one attached hydrogen (secondary N) is 1. The van der Waals surface area contributed by atoms with Crippen LogP contribution in [0.15, 0.2) is 97.1 Å². The van der Waals surface area contributed by atoms with Crippen molar-refractivity contribution in [2.24, 2.45) is 7.05 Å². The number of sulfonamides is 1. The number of phenols is 1. The Balaban J connectivity index is 1.32. The standard InChI is InChI=1S/C40H41FN4O5S/c1-26-21-30-7-5-6-8-31(30)25-45(26)40(48)37-22-29(24-42-51(49,50)20-19-28-9-12-32(41)13-10-28)11-18-35(37)38-23-36(27(2)43(38)3)39(47)44(4)33-14-16-34(46)17-15-33/h5-18,22-23,26,42,46H,19-21,24-25H2,1-4H3/t26-/m1/s1. The zero-order valence-corrected chi connectivity index (χ0v) is 29.9. The summed E-state index contributed by atoms with van der Waals surface area (Å²) >= 11 is 0. The van der Waals surface area contributed by atoms with Crippen molar-refractivity contribution in [3.05, 3.63) is 142 Å². The van der Waals surface area contributed by atoms with Gasteiger partial charge in [0.2, 0.25) is 10.0 Å². The van der Waals surface area contributed by atoms with E-state index in [1.54, 1.807) is 49.5 Å². The number of aryl methyl sites for hydroxylation is 1. The van der Waals surface area contributed by atoms with Crippen LogP contribution in [-0.2, 0) is 43.0 Å². The maximum atomic E-state index is 14.6. The van der Waals surface area contributed by atoms with Gasteiger partial charge in [0.25, 0.3) is 11.8 Å². The summed E-state index contributed by atoms with van der Waals surface area (Å²) in [6, 6.07) is 27.2. The van der Waals surface area contributed by atoms with E-state index in [2.05, 4.69) is 10.8 Å². The van der Waals surface area contributed by atoms with E-state index in [0.29, 0.717) is 57.9 Å². The summed E-state index contributed by atoms with van der Waals surface area (Å²) in [4.78, 5) is 31.7. The van der Waals surface area contributed by atoms with Crippen molar-refractivity contribution in [3.8, 4) is 17.0 Å². The van der Waals surface area contributed by atoms with E-state index < -0.39 is 10.0 Å². The molecule has 1 atom stereocenters. The van der Waals surface area contributed by atoms with Crippen LogP contribution in [0.1, 0.15) is 55.6 Å². The molecule has 2 N–H and O–H groups in total. The molecule has 51 heavy (non-hydrogen) atoms. The van der Waals surface area contributed by atoms with Gasteiger partial charge in [-0.2, -0.15) is 0 Å². The third-order valence-corrected chi connectivity index (χ3v) is 11.1. The predicted molar refractivity (Wildman–Crippen MR) is 197 cm³/mol. The number of hydrogen-bond donors (Lipinski definition) is 2. The second-order valence-electron chi connectivity index (χ2n) is 13.1. The fraction of sp³-hybridized carbons (Fsp3) is 0.250. The number of aromatic hydroxyl groups is 1. The molecule has 0 aliphatic carbocycles. The highest BCUT2D eigenvalue weighted by Crippen LogP contribution is 2.33. The smallest absolute Gasteiger partial charge is 0.259 e. The van der Waals surface area contributed by atoms with Gasteiger partial charge in [0, 0.05) is 61.4 Å². The van der Waals surface area contributed by atoms with Crippen LogP contribution in [0.25, 0.3) is 11.3 Å². The Hall–Kier alpha value is -5.26. The minimum atomic E-state index is -3.70. The van der Waals surface area contributed by atoms with Gasteiger partial charge in [0.1, 0.15) is 11.6 Å². The van der Waals surface area contributed by atoms with Gasteiger partial charge in [-0.05, 0) is 97.5 Å². The van der Waals surface area contributed by atoms with Gasteiger partial charge >= 0.3 is 0 Å². The first-order valence-electron chi connectivity index (χ1n) is 16.8. The number of fused-ring (bicyclic) bond motifs is 1. The van der Waals surface area contributed by atoms with Crippen LogP contribution in [0.5, 0.6) is 5.75 Å². The van der Waals surface area contributed by atoms with E-state index in [1.807, 2.05) is 54.6 Å². The lowest BCUT2D eigenvalue weighted by atomic mass is 9.93. The summed E-state index contributed by atoms with van der Waals surface area (Å²) in [6.45, 7) is 4.28. The number of phenolic OH excluding ortho intramolecular Hbond substituents is 1. The topological polar surface area (TPSA) is 112 Å². The van der Waals surface area contributed by atoms with Gasteiger partial charge in [-0.1, -0.05) is 48.5 Å². The molecule has 11 heteroatoms. The van der Waals surface area contributed by atoms with E-state index >= 15 is 0 Å². The molecule has 0 saturated carbocycles. The van der Waals surface area contributed by atoms with Crippen molar-refractivity contribution >= 4 is 27.5 Å². The average molecular weight is 709 g/mol. The van der Waals surface area contributed by atoms with Gasteiger partial charge in [-0.15, -0.1) is 0 Å². The minimum absolute atomic E-state index is 0.0297. The van der Waals surface area contributed by atoms with E-state index in [9.17, 15) is 27.5 Å². The number of benzene rings is 4. The zero-order chi connectivity index (χ0) is 36.4. The molecule has 0 radical (unpaired) electrons. The van der Waals surface area contributed by atoms with E-state index in [0.717, 1.165) is 5.56 Å². The number of nitrogens with zero attached hydrogens (tertiary/aromatic N) is 3. The number of carbonyl (C=O) groups excluding carboxylic acids is 2. The Kier molecular flexibility index (Phi) is 10.1. The second-order valence-corrected chi connectivity index (χ2v) is 15.0. The molecule has 9 nitrogen and oxygen atoms in total. The van der Waals surface area contributed by atoms with Gasteiger partial charge in [0.05, 0.1) is 11.3 Å². The van der Waals surface area contributed by atoms with Crippen molar-refractivity contribution in [1.29, 1.82) is 0 Å². The third-order valence-electron chi connectivity index (χ3n) is 9.73. The molecule has 6 rings (SSSR count). The quantitative estimate of drug-likeness (QED) is 0.175. The average Bonchev–Trinajstić information content (AvgIpc) is 3.42. The monoisotopic (exact) mass is 708 g/mol. The van der Waals surface area contributed by atoms with Crippen LogP contribution in [0, 0.1) is 12.7 Å². The Labute approximate surface area is 298 Å². The molecule has 264 valence electrons. The number of halogens is 1. The van der Waals surface area contributed by atoms with Crippen molar-refractivity contribution in [2.45, 2.75) is 45.8 Å². The summed E-state index contributed by atoms with van der Waals surface area (Å²) < 4.78 is 43.8. The van der Waals surface area contributed by atoms with Crippen molar-refractivity contribution in [3.63, 3.8) is 0 Å². The highest BCUT2D eigenvalue weighted by molar-refractivity contribution is 7.89. The number of aromatic nitrogens is 1. The van der Waals surface area contributed by atoms with Crippen LogP contribution in [0.3, 0.4) is 0 Å². The molecule has 1 aliphatic rings. The molecule has 1 aromatic heterocycles. The summed E-state index contributed by atoms with van der Waals surface area (Å²) in [7, 11) is -0.184. The maximum Gasteiger partial charge on any atom is 0.259 e. The Bertz CT molecular complexity index is 2200. The summed E-state index contributed by atoms with van der Waals surface area (Å²) in [5.41, 5.74) is 7.05. The van der Waals surface area contributed by atoms with Gasteiger partial charge < -0.3 is 19.5 Å². The highest BCUT2D eigenvalue weighted by atomic mass is 32.2. The largest absolute Gasteiger partial charge is 0.508 e. The van der Waals surface area contributed by atoms with E-state index in [4.69, 9.17) is 0 Å². The lowest BCUT2D eigenvalue weighted by Gasteiger charge is -2.35. The molecule has 0 spiro atoms. The summed E-state index contributed by atoms with van der Waals surface area (Å²) in [5, 5.41) is 9.72. The second kappa shape index (κ2) is 14.5. The Morgan fingerprint density at radius 3 is 2.29 bits per heavy atom. The molecular formula is C40H41FN4O5S. The van der Waals surface area contributed by atoms with Crippen LogP contribution in [0.2, 0.25) is 0 Å². The third kappa shape index (κ3) is 7.74. The van der Waals surface area contributed by atoms with Crippen LogP contribution < -0.4 is 9.62 Å². The molecule has 2 amide bonds. The highest BCUT2D eigenvalue weighted by Gasteiger charge is 2.30. The molecule has 0 bridgehead atoms. The van der Waals surface area contributed by atoms with Crippen LogP contribution >= 0.6 is 0 Å². The first-order chi connectivity index (χ1) is 24.3. The molecule has 1 aliphatic heterocycles. The number of anilines is 1. The zero-order valence-electron chi connectivity index (χ0n) is 29.1. The normalized spacial score (nSPS) is 14.3. The number of amides is 2. The number of carbonyl (C=O) groups is 2. The molecule has 0 unspecified atom stereocenters. The summed E-state index contributed by atoms with van der Waals surface area (Å²) in [5.74, 6) is -0.901. The van der Waals surface area contributed by atoms with Crippen LogP contribution in [0.4, 0.5) is 10.1 Å². The van der Waals surface area contributed by atoms with E-state index in [-0.39, 0.29) is 48.1 Å². The van der Waals surface area contributed by atoms with Crippen LogP contribution in [-0.4, -0.2) is 53.6 Å². The summed E-state index contributed by atoms with van der Waals surface area (Å²) in [6.07, 6.45) is 0.929. The van der Waals surface area contributed by atoms with E-state index in [1.165, 1.54) is 34.7 Å². The molecule has 0 fully saturated rings. The number of hydrogen-bond acceptors (Lipinski definition) is 5. The Morgan fingerprint density at radius 2 is 1.59 bits per heavy atom.